The van der Waals surface area contributed by atoms with Crippen molar-refractivity contribution in [3.8, 4) is 0 Å². The van der Waals surface area contributed by atoms with Gasteiger partial charge in [-0.1, -0.05) is 30.3 Å². The van der Waals surface area contributed by atoms with E-state index in [0.29, 0.717) is 11.3 Å². The molecule has 0 unspecified atom stereocenters. The maximum absolute atomic E-state index is 14.8. The van der Waals surface area contributed by atoms with E-state index in [2.05, 4.69) is 20.6 Å². The monoisotopic (exact) mass is 447 g/mol. The highest BCUT2D eigenvalue weighted by atomic mass is 19.1. The fourth-order valence-electron chi connectivity index (χ4n) is 3.51. The molecule has 0 aliphatic heterocycles. The lowest BCUT2D eigenvalue weighted by molar-refractivity contribution is -0.118. The van der Waals surface area contributed by atoms with Crippen LogP contribution in [0.2, 0.25) is 0 Å². The van der Waals surface area contributed by atoms with Gasteiger partial charge in [0.2, 0.25) is 5.91 Å². The summed E-state index contributed by atoms with van der Waals surface area (Å²) in [6, 6.07) is 12.8. The number of halogens is 1. The molecule has 0 aliphatic rings. The van der Waals surface area contributed by atoms with Gasteiger partial charge in [0.1, 0.15) is 17.5 Å². The van der Waals surface area contributed by atoms with Gasteiger partial charge in [0.05, 0.1) is 11.3 Å². The van der Waals surface area contributed by atoms with Gasteiger partial charge in [0.15, 0.2) is 11.6 Å². The van der Waals surface area contributed by atoms with Crippen molar-refractivity contribution in [3.05, 3.63) is 77.9 Å². The Morgan fingerprint density at radius 2 is 1.88 bits per heavy atom. The van der Waals surface area contributed by atoms with Gasteiger partial charge >= 0.3 is 0 Å². The predicted molar refractivity (Wildman–Crippen MR) is 123 cm³/mol. The fourth-order valence-corrected chi connectivity index (χ4v) is 3.51. The summed E-state index contributed by atoms with van der Waals surface area (Å²) in [6.45, 7) is 0. The number of carbonyl (C=O) groups is 2. The first-order valence-electron chi connectivity index (χ1n) is 10.1. The van der Waals surface area contributed by atoms with Gasteiger partial charge in [-0.05, 0) is 23.8 Å². The summed E-state index contributed by atoms with van der Waals surface area (Å²) in [7, 11) is 1.85. The molecule has 0 aliphatic carbocycles. The van der Waals surface area contributed by atoms with E-state index in [1.807, 2.05) is 54.2 Å². The van der Waals surface area contributed by atoms with Crippen LogP contribution in [0.4, 0.5) is 21.7 Å². The molecule has 0 saturated heterocycles. The van der Waals surface area contributed by atoms with Gasteiger partial charge in [0.25, 0.3) is 5.91 Å². The number of aryl methyl sites for hydroxylation is 1. The van der Waals surface area contributed by atoms with E-state index in [9.17, 15) is 14.0 Å². The molecule has 168 valence electrons. The van der Waals surface area contributed by atoms with E-state index in [1.165, 1.54) is 0 Å². The number of hydrogen-bond donors (Lipinski definition) is 4. The smallest absolute Gasteiger partial charge is 0.252 e. The van der Waals surface area contributed by atoms with Gasteiger partial charge in [0, 0.05) is 31.2 Å². The number of rotatable bonds is 8. The molecule has 2 amide bonds. The second kappa shape index (κ2) is 8.95. The standard InChI is InChI=1S/C23H22FN7O2/c1-31-10-8-14-17(7-9-27-23(14)31)28-21-15(19(25)32)12-16(24)22(30-21)29-18(20(26)33)11-13-5-3-2-4-6-13/h2-10,12,18H,11H2,1H3,(H2,25,32)(H2,26,33)(H2,27,28,29,30)/t18-/m1/s1. The van der Waals surface area contributed by atoms with Crippen molar-refractivity contribution < 1.29 is 14.0 Å². The number of hydrogen-bond acceptors (Lipinski definition) is 6. The topological polar surface area (TPSA) is 141 Å². The molecule has 9 nitrogen and oxygen atoms in total. The summed E-state index contributed by atoms with van der Waals surface area (Å²) < 4.78 is 16.7. The molecule has 0 saturated carbocycles. The summed E-state index contributed by atoms with van der Waals surface area (Å²) in [5, 5.41) is 6.57. The Morgan fingerprint density at radius 1 is 1.12 bits per heavy atom. The Labute approximate surface area is 188 Å². The summed E-state index contributed by atoms with van der Waals surface area (Å²) in [5.41, 5.74) is 13.0. The van der Waals surface area contributed by atoms with Crippen LogP contribution < -0.4 is 22.1 Å². The Kier molecular flexibility index (Phi) is 5.90. The lowest BCUT2D eigenvalue weighted by atomic mass is 10.1. The summed E-state index contributed by atoms with van der Waals surface area (Å²) in [5.74, 6) is -2.57. The van der Waals surface area contributed by atoms with Crippen LogP contribution in [0.25, 0.3) is 11.0 Å². The minimum absolute atomic E-state index is 0.0330. The average Bonchev–Trinajstić information content (AvgIpc) is 3.17. The number of nitrogens with zero attached hydrogens (tertiary/aromatic N) is 3. The number of primary amides is 2. The molecule has 1 atom stereocenters. The van der Waals surface area contributed by atoms with E-state index < -0.39 is 23.7 Å². The maximum Gasteiger partial charge on any atom is 0.252 e. The molecule has 3 heterocycles. The van der Waals surface area contributed by atoms with Crippen LogP contribution in [-0.4, -0.2) is 32.4 Å². The van der Waals surface area contributed by atoms with E-state index in [4.69, 9.17) is 11.5 Å². The highest BCUT2D eigenvalue weighted by Gasteiger charge is 2.22. The molecule has 3 aromatic heterocycles. The number of carbonyl (C=O) groups excluding carboxylic acids is 2. The lowest BCUT2D eigenvalue weighted by Gasteiger charge is -2.18. The van der Waals surface area contributed by atoms with E-state index in [1.54, 1.807) is 12.3 Å². The minimum Gasteiger partial charge on any atom is -0.368 e. The quantitative estimate of drug-likeness (QED) is 0.327. The third kappa shape index (κ3) is 4.59. The van der Waals surface area contributed by atoms with Crippen LogP contribution in [0.3, 0.4) is 0 Å². The molecule has 4 aromatic rings. The molecule has 4 rings (SSSR count). The zero-order chi connectivity index (χ0) is 23.5. The summed E-state index contributed by atoms with van der Waals surface area (Å²) in [4.78, 5) is 32.6. The molecule has 10 heteroatoms. The van der Waals surface area contributed by atoms with Crippen LogP contribution in [0.5, 0.6) is 0 Å². The second-order valence-corrected chi connectivity index (χ2v) is 7.52. The number of nitrogens with two attached hydrogens (primary N) is 2. The van der Waals surface area contributed by atoms with Crippen molar-refractivity contribution in [1.29, 1.82) is 0 Å². The Bertz CT molecular complexity index is 1340. The summed E-state index contributed by atoms with van der Waals surface area (Å²) >= 11 is 0. The molecule has 6 N–H and O–H groups in total. The van der Waals surface area contributed by atoms with Crippen LogP contribution in [0.1, 0.15) is 15.9 Å². The van der Waals surface area contributed by atoms with Gasteiger partial charge in [-0.3, -0.25) is 9.59 Å². The molecule has 33 heavy (non-hydrogen) atoms. The molecule has 0 radical (unpaired) electrons. The van der Waals surface area contributed by atoms with Crippen LogP contribution in [0, 0.1) is 5.82 Å². The highest BCUT2D eigenvalue weighted by molar-refractivity contribution is 6.00. The molecule has 0 bridgehead atoms. The van der Waals surface area contributed by atoms with Crippen LogP contribution >= 0.6 is 0 Å². The summed E-state index contributed by atoms with van der Waals surface area (Å²) in [6.07, 6.45) is 3.66. The van der Waals surface area contributed by atoms with Crippen molar-refractivity contribution in [3.63, 3.8) is 0 Å². The maximum atomic E-state index is 14.8. The van der Waals surface area contributed by atoms with Crippen molar-refractivity contribution in [1.82, 2.24) is 14.5 Å². The van der Waals surface area contributed by atoms with E-state index >= 15 is 0 Å². The number of pyridine rings is 2. The van der Waals surface area contributed by atoms with Crippen molar-refractivity contribution >= 4 is 40.2 Å². The molecule has 1 aromatic carbocycles. The largest absolute Gasteiger partial charge is 0.368 e. The number of anilines is 3. The van der Waals surface area contributed by atoms with E-state index in [-0.39, 0.29) is 23.6 Å². The minimum atomic E-state index is -0.927. The zero-order valence-electron chi connectivity index (χ0n) is 17.7. The van der Waals surface area contributed by atoms with Crippen molar-refractivity contribution in [2.45, 2.75) is 12.5 Å². The normalized spacial score (nSPS) is 11.8. The van der Waals surface area contributed by atoms with Gasteiger partial charge in [-0.25, -0.2) is 14.4 Å². The lowest BCUT2D eigenvalue weighted by Crippen LogP contribution is -2.38. The predicted octanol–water partition coefficient (Wildman–Crippen LogP) is 2.46. The third-order valence-electron chi connectivity index (χ3n) is 5.20. The van der Waals surface area contributed by atoms with Gasteiger partial charge in [-0.15, -0.1) is 0 Å². The Morgan fingerprint density at radius 3 is 2.58 bits per heavy atom. The SMILES string of the molecule is Cn1ccc2c(Nc3nc(N[C@H](Cc4ccccc4)C(N)=O)c(F)cc3C(N)=O)ccnc21. The van der Waals surface area contributed by atoms with Gasteiger partial charge < -0.3 is 26.7 Å². The number of amides is 2. The molecular weight excluding hydrogens is 425 g/mol. The molecule has 0 fully saturated rings. The Hall–Kier alpha value is -4.47. The molecule has 0 spiro atoms. The highest BCUT2D eigenvalue weighted by Crippen LogP contribution is 2.28. The number of benzene rings is 1. The number of aromatic nitrogens is 3. The van der Waals surface area contributed by atoms with Crippen molar-refractivity contribution in [2.75, 3.05) is 10.6 Å². The zero-order valence-corrected chi connectivity index (χ0v) is 17.7. The van der Waals surface area contributed by atoms with Crippen molar-refractivity contribution in [2.24, 2.45) is 18.5 Å². The van der Waals surface area contributed by atoms with Crippen LogP contribution in [0.15, 0.2) is 60.9 Å². The first-order valence-corrected chi connectivity index (χ1v) is 10.1. The number of fused-ring (bicyclic) bond motifs is 1. The first-order chi connectivity index (χ1) is 15.8. The molecular formula is C23H22FN7O2. The van der Waals surface area contributed by atoms with E-state index in [0.717, 1.165) is 17.0 Å². The van der Waals surface area contributed by atoms with Gasteiger partial charge in [-0.2, -0.15) is 0 Å². The second-order valence-electron chi connectivity index (χ2n) is 7.52. The average molecular weight is 447 g/mol. The van der Waals surface area contributed by atoms with Crippen LogP contribution in [-0.2, 0) is 18.3 Å². The number of nitrogens with one attached hydrogen (secondary N) is 2. The third-order valence-corrected chi connectivity index (χ3v) is 5.20. The first kappa shape index (κ1) is 21.8. The Balaban J connectivity index is 1.70. The fraction of sp³-hybridized carbons (Fsp3) is 0.130.